The van der Waals surface area contributed by atoms with Gasteiger partial charge in [0.2, 0.25) is 0 Å². The van der Waals surface area contributed by atoms with Crippen LogP contribution in [0.3, 0.4) is 0 Å². The van der Waals surface area contributed by atoms with Crippen LogP contribution in [0.1, 0.15) is 19.0 Å². The van der Waals surface area contributed by atoms with E-state index in [0.29, 0.717) is 12.8 Å². The second-order valence-corrected chi connectivity index (χ2v) is 4.04. The molecule has 0 aliphatic rings. The van der Waals surface area contributed by atoms with Gasteiger partial charge in [-0.1, -0.05) is 13.0 Å². The van der Waals surface area contributed by atoms with Crippen LogP contribution >= 0.6 is 15.9 Å². The Morgan fingerprint density at radius 1 is 1.64 bits per heavy atom. The minimum atomic E-state index is -0.750. The average molecular weight is 258 g/mol. The van der Waals surface area contributed by atoms with Crippen LogP contribution in [0.4, 0.5) is 0 Å². The van der Waals surface area contributed by atoms with Crippen molar-refractivity contribution in [3.8, 4) is 0 Å². The molecule has 0 radical (unpaired) electrons. The Bertz CT molecular complexity index is 328. The van der Waals surface area contributed by atoms with Crippen LogP contribution in [0, 0.1) is 5.92 Å². The number of hydrogen-bond donors (Lipinski definition) is 1. The zero-order valence-corrected chi connectivity index (χ0v) is 9.49. The minimum Gasteiger partial charge on any atom is -0.481 e. The molecule has 0 aromatic carbocycles. The summed E-state index contributed by atoms with van der Waals surface area (Å²) in [5.74, 6) is -1.06. The minimum absolute atomic E-state index is 0.309. The largest absolute Gasteiger partial charge is 0.481 e. The van der Waals surface area contributed by atoms with Gasteiger partial charge in [0.05, 0.1) is 5.92 Å². The first kappa shape index (κ1) is 11.2. The lowest BCUT2D eigenvalue weighted by Crippen LogP contribution is -2.10. The maximum atomic E-state index is 10.6. The number of aliphatic carboxylic acids is 1. The Labute approximate surface area is 91.3 Å². The normalized spacial score (nSPS) is 12.4. The summed E-state index contributed by atoms with van der Waals surface area (Å²) < 4.78 is 0.790. The summed E-state index contributed by atoms with van der Waals surface area (Å²) >= 11 is 3.27. The van der Waals surface area contributed by atoms with E-state index in [9.17, 15) is 4.79 Å². The molecule has 0 aliphatic heterocycles. The lowest BCUT2D eigenvalue weighted by Gasteiger charge is -2.05. The van der Waals surface area contributed by atoms with Crippen molar-refractivity contribution < 1.29 is 9.90 Å². The maximum Gasteiger partial charge on any atom is 0.306 e. The van der Waals surface area contributed by atoms with Crippen molar-refractivity contribution in [2.24, 2.45) is 5.92 Å². The summed E-state index contributed by atoms with van der Waals surface area (Å²) in [7, 11) is 0. The zero-order valence-electron chi connectivity index (χ0n) is 7.90. The highest BCUT2D eigenvalue weighted by Gasteiger charge is 2.10. The van der Waals surface area contributed by atoms with E-state index >= 15 is 0 Å². The predicted molar refractivity (Wildman–Crippen MR) is 57.1 cm³/mol. The predicted octanol–water partition coefficient (Wildman–Crippen LogP) is 2.50. The molecule has 1 aromatic rings. The van der Waals surface area contributed by atoms with Crippen LogP contribution < -0.4 is 0 Å². The molecule has 0 saturated carbocycles. The van der Waals surface area contributed by atoms with Gasteiger partial charge >= 0.3 is 5.97 Å². The van der Waals surface area contributed by atoms with Gasteiger partial charge in [-0.2, -0.15) is 0 Å². The number of nitrogens with zero attached hydrogens (tertiary/aromatic N) is 1. The topological polar surface area (TPSA) is 50.2 Å². The summed E-state index contributed by atoms with van der Waals surface area (Å²) in [6.45, 7) is 1.71. The van der Waals surface area contributed by atoms with Crippen LogP contribution in [0.2, 0.25) is 0 Å². The van der Waals surface area contributed by atoms with E-state index in [4.69, 9.17) is 5.11 Å². The van der Waals surface area contributed by atoms with Crippen LogP contribution in [0.15, 0.2) is 22.8 Å². The van der Waals surface area contributed by atoms with E-state index in [1.165, 1.54) is 0 Å². The van der Waals surface area contributed by atoms with E-state index in [1.54, 1.807) is 6.92 Å². The molecule has 0 spiro atoms. The number of aryl methyl sites for hydroxylation is 1. The van der Waals surface area contributed by atoms with E-state index < -0.39 is 5.97 Å². The second-order valence-electron chi connectivity index (χ2n) is 3.23. The van der Waals surface area contributed by atoms with Crippen molar-refractivity contribution in [2.75, 3.05) is 0 Å². The number of rotatable bonds is 4. The van der Waals surface area contributed by atoms with Gasteiger partial charge in [0.1, 0.15) is 4.60 Å². The Balaban J connectivity index is 2.49. The summed E-state index contributed by atoms with van der Waals surface area (Å²) in [4.78, 5) is 14.8. The molecule has 0 bridgehead atoms. The highest BCUT2D eigenvalue weighted by Crippen LogP contribution is 2.11. The van der Waals surface area contributed by atoms with Crippen molar-refractivity contribution in [3.63, 3.8) is 0 Å². The average Bonchev–Trinajstić information content (AvgIpc) is 2.14. The molecule has 1 heterocycles. The Morgan fingerprint density at radius 2 is 2.36 bits per heavy atom. The molecule has 1 aromatic heterocycles. The van der Waals surface area contributed by atoms with Gasteiger partial charge in [-0.25, -0.2) is 4.98 Å². The van der Waals surface area contributed by atoms with Crippen LogP contribution in [-0.4, -0.2) is 16.1 Å². The molecule has 4 heteroatoms. The summed E-state index contributed by atoms with van der Waals surface area (Å²) in [5.41, 5.74) is 0.924. The Kier molecular flexibility index (Phi) is 4.07. The van der Waals surface area contributed by atoms with Gasteiger partial charge in [-0.05, 0) is 40.9 Å². The van der Waals surface area contributed by atoms with Crippen molar-refractivity contribution in [3.05, 3.63) is 28.5 Å². The van der Waals surface area contributed by atoms with E-state index in [-0.39, 0.29) is 5.92 Å². The standard InChI is InChI=1S/C10H12BrNO2/c1-7(10(13)14)5-6-8-3-2-4-9(11)12-8/h2-4,7H,5-6H2,1H3,(H,13,14). The molecule has 1 unspecified atom stereocenters. The fourth-order valence-corrected chi connectivity index (χ4v) is 1.46. The number of aromatic nitrogens is 1. The fraction of sp³-hybridized carbons (Fsp3) is 0.400. The first-order valence-electron chi connectivity index (χ1n) is 4.44. The lowest BCUT2D eigenvalue weighted by atomic mass is 10.0. The molecular weight excluding hydrogens is 246 g/mol. The first-order valence-corrected chi connectivity index (χ1v) is 5.23. The smallest absolute Gasteiger partial charge is 0.306 e. The SMILES string of the molecule is CC(CCc1cccc(Br)n1)C(=O)O. The van der Waals surface area contributed by atoms with Gasteiger partial charge in [0, 0.05) is 5.69 Å². The molecule has 1 N–H and O–H groups in total. The van der Waals surface area contributed by atoms with Crippen molar-refractivity contribution >= 4 is 21.9 Å². The third-order valence-corrected chi connectivity index (χ3v) is 2.47. The van der Waals surface area contributed by atoms with Crippen molar-refractivity contribution in [1.82, 2.24) is 4.98 Å². The molecule has 0 fully saturated rings. The van der Waals surface area contributed by atoms with E-state index in [1.807, 2.05) is 18.2 Å². The fourth-order valence-electron chi connectivity index (χ4n) is 1.08. The molecule has 0 aliphatic carbocycles. The van der Waals surface area contributed by atoms with E-state index in [0.717, 1.165) is 10.3 Å². The van der Waals surface area contributed by atoms with Crippen LogP contribution in [0.25, 0.3) is 0 Å². The first-order chi connectivity index (χ1) is 6.59. The number of carboxylic acids is 1. The van der Waals surface area contributed by atoms with Crippen LogP contribution in [0.5, 0.6) is 0 Å². The third kappa shape index (κ3) is 3.46. The van der Waals surface area contributed by atoms with Gasteiger partial charge in [-0.15, -0.1) is 0 Å². The highest BCUT2D eigenvalue weighted by molar-refractivity contribution is 9.10. The molecule has 1 rings (SSSR count). The van der Waals surface area contributed by atoms with Gasteiger partial charge in [0.15, 0.2) is 0 Å². The molecule has 76 valence electrons. The number of halogens is 1. The molecule has 0 saturated heterocycles. The maximum absolute atomic E-state index is 10.6. The van der Waals surface area contributed by atoms with Gasteiger partial charge in [-0.3, -0.25) is 4.79 Å². The monoisotopic (exact) mass is 257 g/mol. The van der Waals surface area contributed by atoms with Crippen LogP contribution in [-0.2, 0) is 11.2 Å². The number of carboxylic acid groups (broad SMARTS) is 1. The second kappa shape index (κ2) is 5.10. The quantitative estimate of drug-likeness (QED) is 0.844. The lowest BCUT2D eigenvalue weighted by molar-refractivity contribution is -0.141. The number of hydrogen-bond acceptors (Lipinski definition) is 2. The number of pyridine rings is 1. The highest BCUT2D eigenvalue weighted by atomic mass is 79.9. The summed E-state index contributed by atoms with van der Waals surface area (Å²) in [6.07, 6.45) is 1.33. The Hall–Kier alpha value is -0.900. The van der Waals surface area contributed by atoms with Crippen molar-refractivity contribution in [1.29, 1.82) is 0 Å². The molecule has 14 heavy (non-hydrogen) atoms. The Morgan fingerprint density at radius 3 is 2.93 bits per heavy atom. The number of carbonyl (C=O) groups is 1. The summed E-state index contributed by atoms with van der Waals surface area (Å²) in [5, 5.41) is 8.68. The molecule has 1 atom stereocenters. The van der Waals surface area contributed by atoms with E-state index in [2.05, 4.69) is 20.9 Å². The zero-order chi connectivity index (χ0) is 10.6. The molecule has 3 nitrogen and oxygen atoms in total. The summed E-state index contributed by atoms with van der Waals surface area (Å²) in [6, 6.07) is 5.65. The molecule has 0 amide bonds. The third-order valence-electron chi connectivity index (χ3n) is 2.03. The molecular formula is C10H12BrNO2. The van der Waals surface area contributed by atoms with Gasteiger partial charge < -0.3 is 5.11 Å². The van der Waals surface area contributed by atoms with Gasteiger partial charge in [0.25, 0.3) is 0 Å². The van der Waals surface area contributed by atoms with Crippen molar-refractivity contribution in [2.45, 2.75) is 19.8 Å².